The van der Waals surface area contributed by atoms with E-state index in [-0.39, 0.29) is 12.1 Å². The topological polar surface area (TPSA) is 47.3 Å². The highest BCUT2D eigenvalue weighted by molar-refractivity contribution is 6.31. The fraction of sp³-hybridized carbons (Fsp3) is 0.769. The van der Waals surface area contributed by atoms with Crippen molar-refractivity contribution >= 4 is 11.6 Å². The van der Waals surface area contributed by atoms with Gasteiger partial charge < -0.3 is 9.84 Å². The molecule has 1 aliphatic heterocycles. The third-order valence-corrected chi connectivity index (χ3v) is 3.64. The Morgan fingerprint density at radius 3 is 2.94 bits per heavy atom. The van der Waals surface area contributed by atoms with E-state index in [2.05, 4.69) is 5.10 Å². The van der Waals surface area contributed by atoms with Crippen molar-refractivity contribution in [1.82, 2.24) is 9.78 Å². The zero-order valence-corrected chi connectivity index (χ0v) is 11.7. The summed E-state index contributed by atoms with van der Waals surface area (Å²) in [5.41, 5.74) is 0.709. The van der Waals surface area contributed by atoms with Crippen molar-refractivity contribution in [3.63, 3.8) is 0 Å². The lowest BCUT2D eigenvalue weighted by Gasteiger charge is -2.25. The van der Waals surface area contributed by atoms with Crippen LogP contribution in [0, 0.1) is 0 Å². The van der Waals surface area contributed by atoms with Gasteiger partial charge in [0.1, 0.15) is 0 Å². The summed E-state index contributed by atoms with van der Waals surface area (Å²) in [6.45, 7) is 4.85. The Labute approximate surface area is 113 Å². The standard InChI is InChI=1S/C13H21ClN2O2/c1-9(2)16-13(11(14)8-15-16)12(17)7-10-5-3-4-6-18-10/h8-10,12,17H,3-7H2,1-2H3. The van der Waals surface area contributed by atoms with Gasteiger partial charge in [-0.15, -0.1) is 0 Å². The van der Waals surface area contributed by atoms with Gasteiger partial charge in [-0.25, -0.2) is 0 Å². The Morgan fingerprint density at radius 2 is 2.33 bits per heavy atom. The summed E-state index contributed by atoms with van der Waals surface area (Å²) in [4.78, 5) is 0. The largest absolute Gasteiger partial charge is 0.387 e. The first kappa shape index (κ1) is 13.8. The Hall–Kier alpha value is -0.580. The molecule has 0 amide bonds. The molecule has 1 N–H and O–H groups in total. The number of hydrogen-bond donors (Lipinski definition) is 1. The fourth-order valence-corrected chi connectivity index (χ4v) is 2.68. The molecule has 2 atom stereocenters. The van der Waals surface area contributed by atoms with Gasteiger partial charge in [0.25, 0.3) is 0 Å². The van der Waals surface area contributed by atoms with Gasteiger partial charge in [-0.2, -0.15) is 5.10 Å². The quantitative estimate of drug-likeness (QED) is 0.916. The van der Waals surface area contributed by atoms with Crippen molar-refractivity contribution in [3.05, 3.63) is 16.9 Å². The minimum Gasteiger partial charge on any atom is -0.387 e. The Balaban J connectivity index is 2.07. The summed E-state index contributed by atoms with van der Waals surface area (Å²) < 4.78 is 7.44. The number of rotatable bonds is 4. The maximum absolute atomic E-state index is 10.3. The molecular weight excluding hydrogens is 252 g/mol. The molecule has 0 aromatic carbocycles. The van der Waals surface area contributed by atoms with E-state index in [1.807, 2.05) is 13.8 Å². The van der Waals surface area contributed by atoms with E-state index in [4.69, 9.17) is 16.3 Å². The number of aromatic nitrogens is 2. The molecule has 2 rings (SSSR count). The van der Waals surface area contributed by atoms with Crippen LogP contribution in [0.15, 0.2) is 6.20 Å². The number of ether oxygens (including phenoxy) is 1. The first-order chi connectivity index (χ1) is 8.59. The lowest BCUT2D eigenvalue weighted by atomic mass is 10.0. The van der Waals surface area contributed by atoms with Crippen LogP contribution in [-0.2, 0) is 4.74 Å². The Morgan fingerprint density at radius 1 is 1.56 bits per heavy atom. The molecule has 18 heavy (non-hydrogen) atoms. The SMILES string of the molecule is CC(C)n1ncc(Cl)c1C(O)CC1CCCCO1. The summed E-state index contributed by atoms with van der Waals surface area (Å²) >= 11 is 6.12. The van der Waals surface area contributed by atoms with Crippen LogP contribution in [0.2, 0.25) is 5.02 Å². The highest BCUT2D eigenvalue weighted by atomic mass is 35.5. The van der Waals surface area contributed by atoms with Crippen LogP contribution < -0.4 is 0 Å². The molecule has 0 bridgehead atoms. The third kappa shape index (κ3) is 3.05. The molecule has 4 nitrogen and oxygen atoms in total. The second kappa shape index (κ2) is 6.04. The van der Waals surface area contributed by atoms with Crippen LogP contribution in [0.25, 0.3) is 0 Å². The van der Waals surface area contributed by atoms with E-state index < -0.39 is 6.10 Å². The molecule has 0 spiro atoms. The Kier molecular flexibility index (Phi) is 4.65. The molecule has 0 saturated carbocycles. The molecule has 102 valence electrons. The number of hydrogen-bond acceptors (Lipinski definition) is 3. The maximum Gasteiger partial charge on any atom is 0.0996 e. The maximum atomic E-state index is 10.3. The van der Waals surface area contributed by atoms with Crippen LogP contribution in [-0.4, -0.2) is 27.6 Å². The average molecular weight is 273 g/mol. The van der Waals surface area contributed by atoms with E-state index in [0.29, 0.717) is 17.1 Å². The van der Waals surface area contributed by atoms with Gasteiger partial charge in [0.2, 0.25) is 0 Å². The number of aliphatic hydroxyl groups excluding tert-OH is 1. The van der Waals surface area contributed by atoms with E-state index in [1.165, 1.54) is 6.42 Å². The van der Waals surface area contributed by atoms with Crippen molar-refractivity contribution in [2.45, 2.75) is 57.8 Å². The number of nitrogens with zero attached hydrogens (tertiary/aromatic N) is 2. The first-order valence-corrected chi connectivity index (χ1v) is 7.00. The summed E-state index contributed by atoms with van der Waals surface area (Å²) in [6, 6.07) is 0.189. The van der Waals surface area contributed by atoms with Crippen molar-refractivity contribution in [2.75, 3.05) is 6.61 Å². The normalized spacial score (nSPS) is 22.4. The zero-order valence-electron chi connectivity index (χ0n) is 11.0. The second-order valence-corrected chi connectivity index (χ2v) is 5.56. The molecule has 5 heteroatoms. The van der Waals surface area contributed by atoms with Crippen LogP contribution in [0.1, 0.15) is 57.4 Å². The van der Waals surface area contributed by atoms with E-state index in [0.717, 1.165) is 19.4 Å². The minimum atomic E-state index is -0.606. The highest BCUT2D eigenvalue weighted by Gasteiger charge is 2.24. The second-order valence-electron chi connectivity index (χ2n) is 5.16. The molecule has 1 aliphatic rings. The summed E-state index contributed by atoms with van der Waals surface area (Å²) in [5, 5.41) is 15.1. The molecule has 1 fully saturated rings. The third-order valence-electron chi connectivity index (χ3n) is 3.35. The van der Waals surface area contributed by atoms with Gasteiger partial charge in [0.15, 0.2) is 0 Å². The molecule has 0 aliphatic carbocycles. The van der Waals surface area contributed by atoms with E-state index in [1.54, 1.807) is 10.9 Å². The summed E-state index contributed by atoms with van der Waals surface area (Å²) in [7, 11) is 0. The van der Waals surface area contributed by atoms with E-state index >= 15 is 0 Å². The summed E-state index contributed by atoms with van der Waals surface area (Å²) in [6.07, 6.45) is 5.04. The first-order valence-electron chi connectivity index (χ1n) is 6.62. The molecule has 1 aromatic rings. The molecule has 1 saturated heterocycles. The molecule has 2 heterocycles. The molecule has 1 aromatic heterocycles. The molecule has 0 radical (unpaired) electrons. The van der Waals surface area contributed by atoms with Crippen molar-refractivity contribution < 1.29 is 9.84 Å². The number of aliphatic hydroxyl groups is 1. The number of halogens is 1. The fourth-order valence-electron chi connectivity index (χ4n) is 2.43. The van der Waals surface area contributed by atoms with Crippen LogP contribution in [0.3, 0.4) is 0 Å². The van der Waals surface area contributed by atoms with Crippen LogP contribution in [0.5, 0.6) is 0 Å². The average Bonchev–Trinajstić information content (AvgIpc) is 2.72. The van der Waals surface area contributed by atoms with Crippen LogP contribution in [0.4, 0.5) is 0 Å². The van der Waals surface area contributed by atoms with Crippen molar-refractivity contribution in [3.8, 4) is 0 Å². The van der Waals surface area contributed by atoms with Crippen LogP contribution >= 0.6 is 11.6 Å². The minimum absolute atomic E-state index is 0.139. The lowest BCUT2D eigenvalue weighted by Crippen LogP contribution is -2.23. The Bertz CT molecular complexity index is 386. The van der Waals surface area contributed by atoms with Crippen molar-refractivity contribution in [2.24, 2.45) is 0 Å². The van der Waals surface area contributed by atoms with E-state index in [9.17, 15) is 5.11 Å². The summed E-state index contributed by atoms with van der Waals surface area (Å²) in [5.74, 6) is 0. The predicted molar refractivity (Wildman–Crippen MR) is 70.8 cm³/mol. The van der Waals surface area contributed by atoms with Crippen molar-refractivity contribution in [1.29, 1.82) is 0 Å². The lowest BCUT2D eigenvalue weighted by molar-refractivity contribution is -0.0172. The van der Waals surface area contributed by atoms with Gasteiger partial charge >= 0.3 is 0 Å². The monoisotopic (exact) mass is 272 g/mol. The molecular formula is C13H21ClN2O2. The zero-order chi connectivity index (χ0) is 13.1. The van der Waals surface area contributed by atoms with Gasteiger partial charge in [0.05, 0.1) is 29.1 Å². The predicted octanol–water partition coefficient (Wildman–Crippen LogP) is 3.11. The highest BCUT2D eigenvalue weighted by Crippen LogP contribution is 2.30. The van der Waals surface area contributed by atoms with Gasteiger partial charge in [-0.1, -0.05) is 11.6 Å². The van der Waals surface area contributed by atoms with Gasteiger partial charge in [0, 0.05) is 19.1 Å². The molecule has 2 unspecified atom stereocenters. The smallest absolute Gasteiger partial charge is 0.0996 e. The van der Waals surface area contributed by atoms with Gasteiger partial charge in [-0.3, -0.25) is 4.68 Å². The van der Waals surface area contributed by atoms with Gasteiger partial charge in [-0.05, 0) is 33.1 Å².